The van der Waals surface area contributed by atoms with Crippen molar-refractivity contribution in [3.8, 4) is 0 Å². The molecule has 1 heterocycles. The van der Waals surface area contributed by atoms with Crippen LogP contribution >= 0.6 is 0 Å². The van der Waals surface area contributed by atoms with E-state index in [-0.39, 0.29) is 0 Å². The van der Waals surface area contributed by atoms with Gasteiger partial charge in [-0.2, -0.15) is 0 Å². The summed E-state index contributed by atoms with van der Waals surface area (Å²) in [5.41, 5.74) is 9.39. The number of rotatable bonds is 5. The third-order valence-electron chi connectivity index (χ3n) is 3.86. The highest BCUT2D eigenvalue weighted by Gasteiger charge is 2.29. The summed E-state index contributed by atoms with van der Waals surface area (Å²) in [6.45, 7) is 3.93. The van der Waals surface area contributed by atoms with E-state index >= 15 is 0 Å². The molecule has 2 aromatic rings. The molecule has 0 saturated heterocycles. The summed E-state index contributed by atoms with van der Waals surface area (Å²) in [6.07, 6.45) is 4.33. The number of benzene rings is 1. The summed E-state index contributed by atoms with van der Waals surface area (Å²) in [5, 5.41) is 0. The van der Waals surface area contributed by atoms with Crippen LogP contribution in [-0.2, 0) is 13.1 Å². The minimum atomic E-state index is 0.700. The topological polar surface area (TPSA) is 42.4 Å². The lowest BCUT2D eigenvalue weighted by Gasteiger charge is -2.22. The van der Waals surface area contributed by atoms with Crippen molar-refractivity contribution < 1.29 is 4.42 Å². The Morgan fingerprint density at radius 3 is 2.74 bits per heavy atom. The van der Waals surface area contributed by atoms with Crippen molar-refractivity contribution in [2.24, 2.45) is 0 Å². The summed E-state index contributed by atoms with van der Waals surface area (Å²) >= 11 is 0. The van der Waals surface area contributed by atoms with Gasteiger partial charge in [0.15, 0.2) is 0 Å². The fourth-order valence-corrected chi connectivity index (χ4v) is 2.45. The van der Waals surface area contributed by atoms with E-state index in [1.54, 1.807) is 6.26 Å². The Kier molecular flexibility index (Phi) is 3.30. The molecule has 1 saturated carbocycles. The zero-order valence-electron chi connectivity index (χ0n) is 11.3. The van der Waals surface area contributed by atoms with Gasteiger partial charge in [-0.05, 0) is 49.1 Å². The SMILES string of the molecule is Cc1c(N)cccc1CN(Cc1ccco1)C1CC1. The smallest absolute Gasteiger partial charge is 0.117 e. The molecule has 1 aliphatic carbocycles. The van der Waals surface area contributed by atoms with Crippen LogP contribution in [0.5, 0.6) is 0 Å². The Morgan fingerprint density at radius 1 is 1.21 bits per heavy atom. The summed E-state index contributed by atoms with van der Waals surface area (Å²) in [6, 6.07) is 10.9. The van der Waals surface area contributed by atoms with E-state index in [1.165, 1.54) is 24.0 Å². The van der Waals surface area contributed by atoms with Gasteiger partial charge in [0, 0.05) is 18.3 Å². The molecule has 3 heteroatoms. The van der Waals surface area contributed by atoms with Gasteiger partial charge >= 0.3 is 0 Å². The molecule has 0 aliphatic heterocycles. The highest BCUT2D eigenvalue weighted by atomic mass is 16.3. The zero-order valence-corrected chi connectivity index (χ0v) is 11.3. The molecule has 1 aromatic heterocycles. The summed E-state index contributed by atoms with van der Waals surface area (Å²) < 4.78 is 5.47. The Bertz CT molecular complexity index is 544. The Morgan fingerprint density at radius 2 is 2.05 bits per heavy atom. The minimum Gasteiger partial charge on any atom is -0.468 e. The first kappa shape index (κ1) is 12.3. The van der Waals surface area contributed by atoms with Crippen LogP contribution < -0.4 is 5.73 Å². The maximum absolute atomic E-state index is 5.99. The van der Waals surface area contributed by atoms with Gasteiger partial charge in [0.1, 0.15) is 5.76 Å². The lowest BCUT2D eigenvalue weighted by atomic mass is 10.1. The first-order valence-electron chi connectivity index (χ1n) is 6.84. The van der Waals surface area contributed by atoms with Crippen LogP contribution in [0, 0.1) is 6.92 Å². The van der Waals surface area contributed by atoms with Crippen LogP contribution in [0.25, 0.3) is 0 Å². The van der Waals surface area contributed by atoms with E-state index in [0.717, 1.165) is 24.5 Å². The largest absolute Gasteiger partial charge is 0.468 e. The Labute approximate surface area is 114 Å². The average Bonchev–Trinajstić information content (AvgIpc) is 3.13. The average molecular weight is 256 g/mol. The standard InChI is InChI=1S/C16H20N2O/c1-12-13(4-2-6-16(12)17)10-18(14-7-8-14)11-15-5-3-9-19-15/h2-6,9,14H,7-8,10-11,17H2,1H3. The third kappa shape index (κ3) is 2.82. The molecule has 0 atom stereocenters. The fraction of sp³-hybridized carbons (Fsp3) is 0.375. The van der Waals surface area contributed by atoms with Gasteiger partial charge in [0.25, 0.3) is 0 Å². The number of nitrogens with zero attached hydrogens (tertiary/aromatic N) is 1. The van der Waals surface area contributed by atoms with Crippen molar-refractivity contribution in [2.45, 2.75) is 38.9 Å². The van der Waals surface area contributed by atoms with Gasteiger partial charge in [0.05, 0.1) is 12.8 Å². The number of hydrogen-bond donors (Lipinski definition) is 1. The second-order valence-corrected chi connectivity index (χ2v) is 5.35. The lowest BCUT2D eigenvalue weighted by molar-refractivity contribution is 0.225. The van der Waals surface area contributed by atoms with Crippen LogP contribution in [0.3, 0.4) is 0 Å². The Hall–Kier alpha value is -1.74. The molecule has 1 fully saturated rings. The summed E-state index contributed by atoms with van der Waals surface area (Å²) in [4.78, 5) is 2.49. The van der Waals surface area contributed by atoms with Gasteiger partial charge < -0.3 is 10.2 Å². The molecule has 0 amide bonds. The number of nitrogen functional groups attached to an aromatic ring is 1. The molecule has 0 radical (unpaired) electrons. The van der Waals surface area contributed by atoms with Gasteiger partial charge in [-0.3, -0.25) is 4.90 Å². The molecule has 1 aromatic carbocycles. The van der Waals surface area contributed by atoms with Crippen LogP contribution in [0.2, 0.25) is 0 Å². The number of nitrogens with two attached hydrogens (primary N) is 1. The molecule has 3 rings (SSSR count). The zero-order chi connectivity index (χ0) is 13.2. The van der Waals surface area contributed by atoms with Gasteiger partial charge in [-0.1, -0.05) is 12.1 Å². The molecule has 19 heavy (non-hydrogen) atoms. The molecule has 3 nitrogen and oxygen atoms in total. The fourth-order valence-electron chi connectivity index (χ4n) is 2.45. The lowest BCUT2D eigenvalue weighted by Crippen LogP contribution is -2.25. The maximum atomic E-state index is 5.99. The van der Waals surface area contributed by atoms with Gasteiger partial charge in [-0.15, -0.1) is 0 Å². The Balaban J connectivity index is 1.76. The second kappa shape index (κ2) is 5.10. The van der Waals surface area contributed by atoms with E-state index in [0.29, 0.717) is 6.04 Å². The molecule has 100 valence electrons. The van der Waals surface area contributed by atoms with E-state index in [2.05, 4.69) is 17.9 Å². The minimum absolute atomic E-state index is 0.700. The molecular weight excluding hydrogens is 236 g/mol. The van der Waals surface area contributed by atoms with Crippen molar-refractivity contribution in [1.82, 2.24) is 4.90 Å². The molecule has 0 bridgehead atoms. The predicted octanol–water partition coefficient (Wildman–Crippen LogP) is 3.33. The monoisotopic (exact) mass is 256 g/mol. The van der Waals surface area contributed by atoms with Crippen molar-refractivity contribution in [2.75, 3.05) is 5.73 Å². The number of furan rings is 1. The van der Waals surface area contributed by atoms with E-state index < -0.39 is 0 Å². The summed E-state index contributed by atoms with van der Waals surface area (Å²) in [7, 11) is 0. The van der Waals surface area contributed by atoms with Crippen LogP contribution in [-0.4, -0.2) is 10.9 Å². The van der Waals surface area contributed by atoms with Crippen LogP contribution in [0.15, 0.2) is 41.0 Å². The van der Waals surface area contributed by atoms with Crippen LogP contribution in [0.4, 0.5) is 5.69 Å². The van der Waals surface area contributed by atoms with Gasteiger partial charge in [-0.25, -0.2) is 0 Å². The van der Waals surface area contributed by atoms with E-state index in [4.69, 9.17) is 10.2 Å². The highest BCUT2D eigenvalue weighted by Crippen LogP contribution is 2.31. The van der Waals surface area contributed by atoms with E-state index in [9.17, 15) is 0 Å². The quantitative estimate of drug-likeness (QED) is 0.834. The van der Waals surface area contributed by atoms with E-state index in [1.807, 2.05) is 24.3 Å². The van der Waals surface area contributed by atoms with Crippen LogP contribution in [0.1, 0.15) is 29.7 Å². The van der Waals surface area contributed by atoms with Crippen molar-refractivity contribution in [3.05, 3.63) is 53.5 Å². The first-order valence-corrected chi connectivity index (χ1v) is 6.84. The van der Waals surface area contributed by atoms with Crippen molar-refractivity contribution in [1.29, 1.82) is 0 Å². The molecule has 1 aliphatic rings. The normalized spacial score (nSPS) is 15.1. The van der Waals surface area contributed by atoms with Crippen molar-refractivity contribution >= 4 is 5.69 Å². The van der Waals surface area contributed by atoms with Crippen molar-refractivity contribution in [3.63, 3.8) is 0 Å². The maximum Gasteiger partial charge on any atom is 0.117 e. The van der Waals surface area contributed by atoms with Gasteiger partial charge in [0.2, 0.25) is 0 Å². The highest BCUT2D eigenvalue weighted by molar-refractivity contribution is 5.49. The summed E-state index contributed by atoms with van der Waals surface area (Å²) in [5.74, 6) is 1.04. The number of anilines is 1. The molecule has 0 spiro atoms. The second-order valence-electron chi connectivity index (χ2n) is 5.35. The molecular formula is C16H20N2O. The third-order valence-corrected chi connectivity index (χ3v) is 3.86. The number of hydrogen-bond acceptors (Lipinski definition) is 3. The first-order chi connectivity index (χ1) is 9.24. The molecule has 0 unspecified atom stereocenters. The molecule has 2 N–H and O–H groups in total. The predicted molar refractivity (Wildman–Crippen MR) is 76.6 cm³/mol.